The Bertz CT molecular complexity index is 270. The Balaban J connectivity index is 2.12. The summed E-state index contributed by atoms with van der Waals surface area (Å²) in [5, 5.41) is 0. The molecule has 1 saturated heterocycles. The van der Waals surface area contributed by atoms with Crippen LogP contribution in [0.15, 0.2) is 0 Å². The van der Waals surface area contributed by atoms with Gasteiger partial charge in [-0.05, 0) is 43.1 Å². The molecule has 0 bridgehead atoms. The highest BCUT2D eigenvalue weighted by Gasteiger charge is 2.48. The van der Waals surface area contributed by atoms with Crippen LogP contribution < -0.4 is 5.73 Å². The van der Waals surface area contributed by atoms with Crippen LogP contribution in [0.2, 0.25) is 0 Å². The second kappa shape index (κ2) is 3.71. The van der Waals surface area contributed by atoms with Crippen LogP contribution in [-0.4, -0.2) is 30.1 Å². The molecule has 0 aromatic heterocycles. The molecule has 16 heavy (non-hydrogen) atoms. The van der Waals surface area contributed by atoms with E-state index in [1.165, 1.54) is 38.8 Å². The molecule has 1 atom stereocenters. The zero-order chi connectivity index (χ0) is 12.0. The molecule has 2 heteroatoms. The lowest BCUT2D eigenvalue weighted by Crippen LogP contribution is -2.52. The summed E-state index contributed by atoms with van der Waals surface area (Å²) in [6.07, 6.45) is 5.25. The maximum Gasteiger partial charge on any atom is 0.0337 e. The van der Waals surface area contributed by atoms with Crippen molar-refractivity contribution in [2.45, 2.75) is 58.9 Å². The Morgan fingerprint density at radius 1 is 1.00 bits per heavy atom. The zero-order valence-electron chi connectivity index (χ0n) is 11.5. The topological polar surface area (TPSA) is 29.3 Å². The third-order valence-electron chi connectivity index (χ3n) is 4.80. The van der Waals surface area contributed by atoms with Gasteiger partial charge in [0.2, 0.25) is 0 Å². The van der Waals surface area contributed by atoms with Crippen LogP contribution in [0.1, 0.15) is 53.4 Å². The van der Waals surface area contributed by atoms with Crippen LogP contribution in [0.4, 0.5) is 0 Å². The zero-order valence-corrected chi connectivity index (χ0v) is 11.5. The van der Waals surface area contributed by atoms with Gasteiger partial charge in [-0.25, -0.2) is 0 Å². The van der Waals surface area contributed by atoms with Gasteiger partial charge >= 0.3 is 0 Å². The van der Waals surface area contributed by atoms with E-state index < -0.39 is 0 Å². The van der Waals surface area contributed by atoms with Crippen molar-refractivity contribution in [2.75, 3.05) is 19.6 Å². The fraction of sp³-hybridized carbons (Fsp3) is 1.00. The minimum atomic E-state index is 0.317. The standard InChI is InChI=1S/C14H28N2/c1-12(2)5-6-14(9-12,10-15)16-8-7-13(3,4)11-16/h5-11,15H2,1-4H3. The van der Waals surface area contributed by atoms with Gasteiger partial charge in [0.05, 0.1) is 0 Å². The maximum absolute atomic E-state index is 6.12. The molecule has 2 rings (SSSR count). The van der Waals surface area contributed by atoms with E-state index in [0.29, 0.717) is 16.4 Å². The van der Waals surface area contributed by atoms with E-state index in [9.17, 15) is 0 Å². The molecular formula is C14H28N2. The summed E-state index contributed by atoms with van der Waals surface area (Å²) in [5.74, 6) is 0. The van der Waals surface area contributed by atoms with E-state index >= 15 is 0 Å². The second-order valence-electron chi connectivity index (χ2n) is 7.61. The lowest BCUT2D eigenvalue weighted by Gasteiger charge is -2.40. The van der Waals surface area contributed by atoms with Crippen molar-refractivity contribution in [2.24, 2.45) is 16.6 Å². The van der Waals surface area contributed by atoms with Gasteiger partial charge in [-0.3, -0.25) is 4.90 Å². The van der Waals surface area contributed by atoms with Crippen molar-refractivity contribution in [3.63, 3.8) is 0 Å². The third kappa shape index (κ3) is 2.14. The normalized spacial score (nSPS) is 38.1. The molecule has 1 unspecified atom stereocenters. The van der Waals surface area contributed by atoms with Crippen molar-refractivity contribution in [3.05, 3.63) is 0 Å². The van der Waals surface area contributed by atoms with E-state index in [2.05, 4.69) is 32.6 Å². The minimum Gasteiger partial charge on any atom is -0.329 e. The van der Waals surface area contributed by atoms with Gasteiger partial charge in [-0.1, -0.05) is 27.7 Å². The van der Waals surface area contributed by atoms with Crippen molar-refractivity contribution >= 4 is 0 Å². The van der Waals surface area contributed by atoms with Crippen LogP contribution >= 0.6 is 0 Å². The van der Waals surface area contributed by atoms with Crippen LogP contribution in [0.3, 0.4) is 0 Å². The number of nitrogens with two attached hydrogens (primary N) is 1. The number of hydrogen-bond acceptors (Lipinski definition) is 2. The van der Waals surface area contributed by atoms with Gasteiger partial charge in [0.15, 0.2) is 0 Å². The van der Waals surface area contributed by atoms with Crippen LogP contribution in [0, 0.1) is 10.8 Å². The summed E-state index contributed by atoms with van der Waals surface area (Å²) < 4.78 is 0. The lowest BCUT2D eigenvalue weighted by atomic mass is 9.86. The molecule has 2 fully saturated rings. The predicted octanol–water partition coefficient (Wildman–Crippen LogP) is 2.63. The maximum atomic E-state index is 6.12. The van der Waals surface area contributed by atoms with Crippen LogP contribution in [0.25, 0.3) is 0 Å². The quantitative estimate of drug-likeness (QED) is 0.781. The Morgan fingerprint density at radius 2 is 1.69 bits per heavy atom. The first-order chi connectivity index (χ1) is 7.29. The first-order valence-corrected chi connectivity index (χ1v) is 6.74. The number of hydrogen-bond donors (Lipinski definition) is 1. The molecule has 1 aliphatic heterocycles. The number of likely N-dealkylation sites (tertiary alicyclic amines) is 1. The van der Waals surface area contributed by atoms with Crippen LogP contribution in [0.5, 0.6) is 0 Å². The minimum absolute atomic E-state index is 0.317. The van der Waals surface area contributed by atoms with Gasteiger partial charge in [0.25, 0.3) is 0 Å². The highest BCUT2D eigenvalue weighted by atomic mass is 15.2. The summed E-state index contributed by atoms with van der Waals surface area (Å²) >= 11 is 0. The smallest absolute Gasteiger partial charge is 0.0337 e. The Hall–Kier alpha value is -0.0800. The van der Waals surface area contributed by atoms with E-state index in [1.54, 1.807) is 0 Å². The summed E-state index contributed by atoms with van der Waals surface area (Å²) in [6.45, 7) is 12.9. The van der Waals surface area contributed by atoms with Crippen molar-refractivity contribution < 1.29 is 0 Å². The van der Waals surface area contributed by atoms with Gasteiger partial charge in [0.1, 0.15) is 0 Å². The van der Waals surface area contributed by atoms with Gasteiger partial charge in [-0.15, -0.1) is 0 Å². The summed E-state index contributed by atoms with van der Waals surface area (Å²) in [5.41, 5.74) is 7.42. The van der Waals surface area contributed by atoms with Crippen molar-refractivity contribution in [1.29, 1.82) is 0 Å². The SMILES string of the molecule is CC1(C)CCN(C2(CN)CCC(C)(C)C2)C1. The van der Waals surface area contributed by atoms with E-state index in [0.717, 1.165) is 6.54 Å². The predicted molar refractivity (Wildman–Crippen MR) is 69.4 cm³/mol. The van der Waals surface area contributed by atoms with Gasteiger partial charge < -0.3 is 5.73 Å². The highest BCUT2D eigenvalue weighted by molar-refractivity contribution is 5.04. The van der Waals surface area contributed by atoms with E-state index in [-0.39, 0.29) is 0 Å². The molecule has 1 heterocycles. The largest absolute Gasteiger partial charge is 0.329 e. The third-order valence-corrected chi connectivity index (χ3v) is 4.80. The Labute approximate surface area is 101 Å². The lowest BCUT2D eigenvalue weighted by molar-refractivity contribution is 0.105. The molecular weight excluding hydrogens is 196 g/mol. The fourth-order valence-electron chi connectivity index (χ4n) is 3.73. The molecule has 2 nitrogen and oxygen atoms in total. The molecule has 0 aromatic carbocycles. The van der Waals surface area contributed by atoms with E-state index in [4.69, 9.17) is 5.73 Å². The first-order valence-electron chi connectivity index (χ1n) is 6.74. The second-order valence-corrected chi connectivity index (χ2v) is 7.61. The van der Waals surface area contributed by atoms with Crippen molar-refractivity contribution in [1.82, 2.24) is 4.90 Å². The molecule has 2 N–H and O–H groups in total. The first kappa shape index (κ1) is 12.4. The highest BCUT2D eigenvalue weighted by Crippen LogP contribution is 2.48. The van der Waals surface area contributed by atoms with E-state index in [1.807, 2.05) is 0 Å². The van der Waals surface area contributed by atoms with Gasteiger partial charge in [0, 0.05) is 18.6 Å². The molecule has 0 amide bonds. The van der Waals surface area contributed by atoms with Crippen molar-refractivity contribution in [3.8, 4) is 0 Å². The average Bonchev–Trinajstić information content (AvgIpc) is 2.67. The summed E-state index contributed by atoms with van der Waals surface area (Å²) in [4.78, 5) is 2.70. The Morgan fingerprint density at radius 3 is 2.06 bits per heavy atom. The van der Waals surface area contributed by atoms with Crippen LogP contribution in [-0.2, 0) is 0 Å². The molecule has 0 aromatic rings. The Kier molecular flexibility index (Phi) is 2.87. The number of rotatable bonds is 2. The fourth-order valence-corrected chi connectivity index (χ4v) is 3.73. The molecule has 1 aliphatic carbocycles. The summed E-state index contributed by atoms with van der Waals surface area (Å²) in [6, 6.07) is 0. The summed E-state index contributed by atoms with van der Waals surface area (Å²) in [7, 11) is 0. The van der Waals surface area contributed by atoms with Gasteiger partial charge in [-0.2, -0.15) is 0 Å². The number of nitrogens with zero attached hydrogens (tertiary/aromatic N) is 1. The average molecular weight is 224 g/mol. The molecule has 94 valence electrons. The molecule has 0 spiro atoms. The molecule has 1 saturated carbocycles. The monoisotopic (exact) mass is 224 g/mol. The molecule has 2 aliphatic rings. The molecule has 0 radical (unpaired) electrons.